The molecule has 1 amide bonds. The van der Waals surface area contributed by atoms with Gasteiger partial charge >= 0.3 is 0 Å². The molecular formula is C13H15N5O. The van der Waals surface area contributed by atoms with E-state index in [0.29, 0.717) is 12.5 Å². The van der Waals surface area contributed by atoms with Crippen LogP contribution >= 0.6 is 0 Å². The summed E-state index contributed by atoms with van der Waals surface area (Å²) in [6, 6.07) is 3.86. The maximum atomic E-state index is 11.9. The molecule has 1 saturated carbocycles. The van der Waals surface area contributed by atoms with Crippen LogP contribution in [0.25, 0.3) is 0 Å². The highest BCUT2D eigenvalue weighted by Gasteiger charge is 2.28. The second kappa shape index (κ2) is 4.79. The van der Waals surface area contributed by atoms with Crippen molar-refractivity contribution in [2.45, 2.75) is 32.2 Å². The molecule has 0 aromatic carbocycles. The first-order chi connectivity index (χ1) is 9.22. The highest BCUT2D eigenvalue weighted by Crippen LogP contribution is 2.37. The van der Waals surface area contributed by atoms with Crippen LogP contribution < -0.4 is 5.32 Å². The SMILES string of the molecule is Cc1ccc(CNC(=O)c2n[nH]c(C3CC3)n2)cn1. The number of hydrogen-bond acceptors (Lipinski definition) is 4. The molecule has 2 heterocycles. The fourth-order valence-corrected chi connectivity index (χ4v) is 1.78. The minimum Gasteiger partial charge on any atom is -0.345 e. The number of hydrogen-bond donors (Lipinski definition) is 2. The fourth-order valence-electron chi connectivity index (χ4n) is 1.78. The zero-order valence-electron chi connectivity index (χ0n) is 10.7. The van der Waals surface area contributed by atoms with E-state index in [9.17, 15) is 4.79 Å². The average Bonchev–Trinajstić information content (AvgIpc) is 3.15. The van der Waals surface area contributed by atoms with Crippen LogP contribution in [0.3, 0.4) is 0 Å². The molecule has 98 valence electrons. The van der Waals surface area contributed by atoms with Gasteiger partial charge in [0.15, 0.2) is 0 Å². The van der Waals surface area contributed by atoms with Crippen molar-refractivity contribution in [1.29, 1.82) is 0 Å². The summed E-state index contributed by atoms with van der Waals surface area (Å²) in [5.74, 6) is 1.24. The molecule has 19 heavy (non-hydrogen) atoms. The maximum Gasteiger partial charge on any atom is 0.291 e. The zero-order valence-corrected chi connectivity index (χ0v) is 10.7. The minimum absolute atomic E-state index is 0.210. The van der Waals surface area contributed by atoms with E-state index >= 15 is 0 Å². The summed E-state index contributed by atoms with van der Waals surface area (Å²) in [7, 11) is 0. The Kier molecular flexibility index (Phi) is 2.98. The lowest BCUT2D eigenvalue weighted by Gasteiger charge is -2.02. The van der Waals surface area contributed by atoms with Gasteiger partial charge in [0, 0.05) is 24.4 Å². The van der Waals surface area contributed by atoms with Crippen molar-refractivity contribution in [1.82, 2.24) is 25.5 Å². The van der Waals surface area contributed by atoms with E-state index < -0.39 is 0 Å². The summed E-state index contributed by atoms with van der Waals surface area (Å²) in [4.78, 5) is 20.2. The predicted octanol–water partition coefficient (Wildman–Crippen LogP) is 1.32. The molecule has 0 unspecified atom stereocenters. The van der Waals surface area contributed by atoms with Gasteiger partial charge in [0.1, 0.15) is 5.82 Å². The van der Waals surface area contributed by atoms with Gasteiger partial charge in [-0.2, -0.15) is 0 Å². The molecule has 0 spiro atoms. The van der Waals surface area contributed by atoms with Crippen molar-refractivity contribution in [3.63, 3.8) is 0 Å². The Bertz CT molecular complexity index is 585. The summed E-state index contributed by atoms with van der Waals surface area (Å²) < 4.78 is 0. The summed E-state index contributed by atoms with van der Waals surface area (Å²) >= 11 is 0. The van der Waals surface area contributed by atoms with Crippen molar-refractivity contribution in [2.75, 3.05) is 0 Å². The topological polar surface area (TPSA) is 83.6 Å². The number of H-pyrrole nitrogens is 1. The van der Waals surface area contributed by atoms with Gasteiger partial charge in [-0.15, -0.1) is 5.10 Å². The van der Waals surface area contributed by atoms with Crippen molar-refractivity contribution >= 4 is 5.91 Å². The van der Waals surface area contributed by atoms with Crippen molar-refractivity contribution < 1.29 is 4.79 Å². The molecule has 2 N–H and O–H groups in total. The third-order valence-corrected chi connectivity index (χ3v) is 3.10. The largest absolute Gasteiger partial charge is 0.345 e. The Balaban J connectivity index is 1.59. The van der Waals surface area contributed by atoms with Crippen LogP contribution in [-0.4, -0.2) is 26.1 Å². The Morgan fingerprint density at radius 1 is 1.47 bits per heavy atom. The molecule has 0 saturated heterocycles. The van der Waals surface area contributed by atoms with Gasteiger partial charge in [0.05, 0.1) is 0 Å². The maximum absolute atomic E-state index is 11.9. The van der Waals surface area contributed by atoms with E-state index in [0.717, 1.165) is 29.9 Å². The number of rotatable bonds is 4. The Morgan fingerprint density at radius 3 is 3.00 bits per heavy atom. The van der Waals surface area contributed by atoms with Crippen LogP contribution in [0, 0.1) is 6.92 Å². The summed E-state index contributed by atoms with van der Waals surface area (Å²) in [5.41, 5.74) is 1.91. The standard InChI is InChI=1S/C13H15N5O/c1-8-2-3-9(6-14-8)7-15-13(19)12-16-11(17-18-12)10-4-5-10/h2-3,6,10H,4-5,7H2,1H3,(H,15,19)(H,16,17,18). The van der Waals surface area contributed by atoms with E-state index in [1.807, 2.05) is 19.1 Å². The normalized spacial score (nSPS) is 14.4. The van der Waals surface area contributed by atoms with Gasteiger partial charge in [0.25, 0.3) is 5.91 Å². The van der Waals surface area contributed by atoms with E-state index in [1.165, 1.54) is 0 Å². The molecule has 6 heteroatoms. The molecule has 2 aromatic rings. The average molecular weight is 257 g/mol. The number of carbonyl (C=O) groups is 1. The lowest BCUT2D eigenvalue weighted by molar-refractivity contribution is 0.0941. The molecule has 2 aromatic heterocycles. The smallest absolute Gasteiger partial charge is 0.291 e. The quantitative estimate of drug-likeness (QED) is 0.865. The van der Waals surface area contributed by atoms with E-state index in [-0.39, 0.29) is 11.7 Å². The van der Waals surface area contributed by atoms with Crippen LogP contribution in [0.15, 0.2) is 18.3 Å². The second-order valence-electron chi connectivity index (χ2n) is 4.81. The van der Waals surface area contributed by atoms with Crippen LogP contribution in [0.2, 0.25) is 0 Å². The molecule has 1 aliphatic rings. The van der Waals surface area contributed by atoms with Crippen LogP contribution in [0.1, 0.15) is 46.5 Å². The molecule has 1 fully saturated rings. The third kappa shape index (κ3) is 2.78. The molecule has 0 atom stereocenters. The van der Waals surface area contributed by atoms with Crippen LogP contribution in [0.4, 0.5) is 0 Å². The third-order valence-electron chi connectivity index (χ3n) is 3.10. The number of aromatic amines is 1. The van der Waals surface area contributed by atoms with Crippen molar-refractivity contribution in [2.24, 2.45) is 0 Å². The van der Waals surface area contributed by atoms with E-state index in [1.54, 1.807) is 6.20 Å². The summed E-state index contributed by atoms with van der Waals surface area (Å²) in [6.07, 6.45) is 4.01. The van der Waals surface area contributed by atoms with E-state index in [4.69, 9.17) is 0 Å². The number of pyridine rings is 1. The van der Waals surface area contributed by atoms with Gasteiger partial charge in [-0.1, -0.05) is 6.07 Å². The first-order valence-electron chi connectivity index (χ1n) is 6.34. The number of nitrogens with zero attached hydrogens (tertiary/aromatic N) is 3. The molecule has 0 aliphatic heterocycles. The first-order valence-corrected chi connectivity index (χ1v) is 6.34. The van der Waals surface area contributed by atoms with Gasteiger partial charge in [-0.05, 0) is 31.4 Å². The van der Waals surface area contributed by atoms with Crippen molar-refractivity contribution in [3.05, 3.63) is 41.2 Å². The Labute approximate surface area is 110 Å². The van der Waals surface area contributed by atoms with Gasteiger partial charge in [-0.25, -0.2) is 4.98 Å². The number of aryl methyl sites for hydroxylation is 1. The Morgan fingerprint density at radius 2 is 2.32 bits per heavy atom. The number of nitrogens with one attached hydrogen (secondary N) is 2. The molecule has 0 bridgehead atoms. The monoisotopic (exact) mass is 257 g/mol. The summed E-state index contributed by atoms with van der Waals surface area (Å²) in [6.45, 7) is 2.36. The predicted molar refractivity (Wildman–Crippen MR) is 68.5 cm³/mol. The molecule has 0 radical (unpaired) electrons. The Hall–Kier alpha value is -2.24. The first kappa shape index (κ1) is 11.8. The lowest BCUT2D eigenvalue weighted by Crippen LogP contribution is -2.24. The molecule has 3 rings (SSSR count). The van der Waals surface area contributed by atoms with Gasteiger partial charge in [-0.3, -0.25) is 14.9 Å². The number of amides is 1. The van der Waals surface area contributed by atoms with Gasteiger partial charge < -0.3 is 5.32 Å². The van der Waals surface area contributed by atoms with Gasteiger partial charge in [0.2, 0.25) is 5.82 Å². The molecule has 6 nitrogen and oxygen atoms in total. The summed E-state index contributed by atoms with van der Waals surface area (Å²) in [5, 5.41) is 9.54. The van der Waals surface area contributed by atoms with E-state index in [2.05, 4.69) is 25.5 Å². The highest BCUT2D eigenvalue weighted by atomic mass is 16.2. The fraction of sp³-hybridized carbons (Fsp3) is 0.385. The lowest BCUT2D eigenvalue weighted by atomic mass is 10.2. The number of aromatic nitrogens is 4. The zero-order chi connectivity index (χ0) is 13.2. The van der Waals surface area contributed by atoms with Crippen LogP contribution in [0.5, 0.6) is 0 Å². The number of carbonyl (C=O) groups excluding carboxylic acids is 1. The molecule has 1 aliphatic carbocycles. The second-order valence-corrected chi connectivity index (χ2v) is 4.81. The minimum atomic E-state index is -0.260. The highest BCUT2D eigenvalue weighted by molar-refractivity contribution is 5.90. The molecular weight excluding hydrogens is 242 g/mol. The van der Waals surface area contributed by atoms with Crippen LogP contribution in [-0.2, 0) is 6.54 Å². The van der Waals surface area contributed by atoms with Crippen molar-refractivity contribution in [3.8, 4) is 0 Å².